The van der Waals surface area contributed by atoms with Gasteiger partial charge in [0, 0.05) is 18.8 Å². The molecule has 2 rings (SSSR count). The predicted octanol–water partition coefficient (Wildman–Crippen LogP) is 3.66. The lowest BCUT2D eigenvalue weighted by molar-refractivity contribution is 0.623. The number of anilines is 2. The van der Waals surface area contributed by atoms with E-state index in [2.05, 4.69) is 11.9 Å². The molecule has 0 aliphatic rings. The summed E-state index contributed by atoms with van der Waals surface area (Å²) >= 11 is 0. The second-order valence-electron chi connectivity index (χ2n) is 5.05. The third-order valence-corrected chi connectivity index (χ3v) is 3.59. The minimum absolute atomic E-state index is 0.0901. The number of nitrogens with two attached hydrogens (primary N) is 1. The number of halogens is 1. The van der Waals surface area contributed by atoms with Gasteiger partial charge >= 0.3 is 0 Å². The quantitative estimate of drug-likeness (QED) is 0.881. The SMILES string of the molecule is CCC(N)Cc1cccnc1N(CC)c1ccccc1F. The van der Waals surface area contributed by atoms with E-state index in [1.807, 2.05) is 30.0 Å². The lowest BCUT2D eigenvalue weighted by Gasteiger charge is -2.25. The zero-order valence-corrected chi connectivity index (χ0v) is 12.6. The Kier molecular flexibility index (Phi) is 5.28. The van der Waals surface area contributed by atoms with Gasteiger partial charge in [-0.05, 0) is 43.5 Å². The highest BCUT2D eigenvalue weighted by molar-refractivity contribution is 5.63. The van der Waals surface area contributed by atoms with Crippen molar-refractivity contribution in [3.05, 3.63) is 54.0 Å². The van der Waals surface area contributed by atoms with Crippen LogP contribution in [0.15, 0.2) is 42.6 Å². The zero-order valence-electron chi connectivity index (χ0n) is 12.6. The van der Waals surface area contributed by atoms with E-state index in [0.29, 0.717) is 12.2 Å². The second kappa shape index (κ2) is 7.18. The Morgan fingerprint density at radius 3 is 2.62 bits per heavy atom. The molecular weight excluding hydrogens is 265 g/mol. The molecule has 2 aromatic rings. The van der Waals surface area contributed by atoms with Crippen LogP contribution in [0.4, 0.5) is 15.9 Å². The molecule has 1 unspecified atom stereocenters. The normalized spacial score (nSPS) is 12.2. The number of rotatable bonds is 6. The Hall–Kier alpha value is -1.94. The molecule has 0 radical (unpaired) electrons. The first-order valence-electron chi connectivity index (χ1n) is 7.38. The summed E-state index contributed by atoms with van der Waals surface area (Å²) in [5, 5.41) is 0. The second-order valence-corrected chi connectivity index (χ2v) is 5.05. The predicted molar refractivity (Wildman–Crippen MR) is 85.3 cm³/mol. The molecule has 0 saturated heterocycles. The molecule has 0 amide bonds. The molecule has 1 aromatic carbocycles. The smallest absolute Gasteiger partial charge is 0.146 e. The van der Waals surface area contributed by atoms with Crippen LogP contribution in [0, 0.1) is 5.82 Å². The van der Waals surface area contributed by atoms with Crippen molar-refractivity contribution in [2.45, 2.75) is 32.7 Å². The number of hydrogen-bond acceptors (Lipinski definition) is 3. The minimum Gasteiger partial charge on any atom is -0.327 e. The molecule has 0 spiro atoms. The summed E-state index contributed by atoms with van der Waals surface area (Å²) in [7, 11) is 0. The summed E-state index contributed by atoms with van der Waals surface area (Å²) in [6.07, 6.45) is 3.38. The maximum absolute atomic E-state index is 14.1. The van der Waals surface area contributed by atoms with E-state index < -0.39 is 0 Å². The van der Waals surface area contributed by atoms with Gasteiger partial charge in [-0.1, -0.05) is 25.1 Å². The fourth-order valence-electron chi connectivity index (χ4n) is 2.36. The van der Waals surface area contributed by atoms with Crippen molar-refractivity contribution >= 4 is 11.5 Å². The number of hydrogen-bond donors (Lipinski definition) is 1. The molecule has 0 bridgehead atoms. The molecule has 21 heavy (non-hydrogen) atoms. The van der Waals surface area contributed by atoms with Gasteiger partial charge in [-0.3, -0.25) is 0 Å². The standard InChI is InChI=1S/C17H22FN3/c1-3-14(19)12-13-8-7-11-20-17(13)21(4-2)16-10-6-5-9-15(16)18/h5-11,14H,3-4,12,19H2,1-2H3. The molecular formula is C17H22FN3. The first-order valence-corrected chi connectivity index (χ1v) is 7.38. The van der Waals surface area contributed by atoms with Crippen LogP contribution in [0.1, 0.15) is 25.8 Å². The molecule has 1 aromatic heterocycles. The van der Waals surface area contributed by atoms with Crippen molar-refractivity contribution in [2.75, 3.05) is 11.4 Å². The molecule has 2 N–H and O–H groups in total. The summed E-state index contributed by atoms with van der Waals surface area (Å²) in [6.45, 7) is 4.70. The molecule has 1 atom stereocenters. The van der Waals surface area contributed by atoms with Crippen LogP contribution in [-0.4, -0.2) is 17.6 Å². The number of para-hydroxylation sites is 1. The van der Waals surface area contributed by atoms with Gasteiger partial charge in [0.25, 0.3) is 0 Å². The van der Waals surface area contributed by atoms with E-state index in [-0.39, 0.29) is 11.9 Å². The number of nitrogens with zero attached hydrogens (tertiary/aromatic N) is 2. The molecule has 4 heteroatoms. The molecule has 0 fully saturated rings. The maximum Gasteiger partial charge on any atom is 0.146 e. The van der Waals surface area contributed by atoms with E-state index in [1.165, 1.54) is 6.07 Å². The average molecular weight is 287 g/mol. The third kappa shape index (κ3) is 3.58. The third-order valence-electron chi connectivity index (χ3n) is 3.59. The molecule has 1 heterocycles. The zero-order chi connectivity index (χ0) is 15.2. The lowest BCUT2D eigenvalue weighted by atomic mass is 10.0. The number of benzene rings is 1. The van der Waals surface area contributed by atoms with E-state index >= 15 is 0 Å². The Bertz CT molecular complexity index is 586. The maximum atomic E-state index is 14.1. The summed E-state index contributed by atoms with van der Waals surface area (Å²) in [5.41, 5.74) is 7.66. The van der Waals surface area contributed by atoms with Gasteiger partial charge in [0.15, 0.2) is 0 Å². The Morgan fingerprint density at radius 2 is 1.95 bits per heavy atom. The summed E-state index contributed by atoms with van der Waals surface area (Å²) < 4.78 is 14.1. The Balaban J connectivity index is 2.41. The lowest BCUT2D eigenvalue weighted by Crippen LogP contribution is -2.25. The van der Waals surface area contributed by atoms with Crippen LogP contribution >= 0.6 is 0 Å². The van der Waals surface area contributed by atoms with E-state index in [0.717, 1.165) is 24.2 Å². The van der Waals surface area contributed by atoms with Crippen LogP contribution in [0.5, 0.6) is 0 Å². The fraction of sp³-hybridized carbons (Fsp3) is 0.353. The van der Waals surface area contributed by atoms with Gasteiger partial charge in [-0.2, -0.15) is 0 Å². The van der Waals surface area contributed by atoms with Crippen molar-refractivity contribution < 1.29 is 4.39 Å². The number of aromatic nitrogens is 1. The summed E-state index contributed by atoms with van der Waals surface area (Å²) in [4.78, 5) is 6.35. The first-order chi connectivity index (χ1) is 10.2. The van der Waals surface area contributed by atoms with Crippen molar-refractivity contribution in [2.24, 2.45) is 5.73 Å². The first kappa shape index (κ1) is 15.4. The van der Waals surface area contributed by atoms with Crippen molar-refractivity contribution in [1.82, 2.24) is 4.98 Å². The van der Waals surface area contributed by atoms with Crippen LogP contribution in [0.3, 0.4) is 0 Å². The van der Waals surface area contributed by atoms with Gasteiger partial charge in [-0.25, -0.2) is 9.37 Å². The van der Waals surface area contributed by atoms with Crippen molar-refractivity contribution in [1.29, 1.82) is 0 Å². The molecule has 3 nitrogen and oxygen atoms in total. The van der Waals surface area contributed by atoms with E-state index in [1.54, 1.807) is 18.3 Å². The van der Waals surface area contributed by atoms with Gasteiger partial charge in [0.2, 0.25) is 0 Å². The minimum atomic E-state index is -0.240. The van der Waals surface area contributed by atoms with Crippen molar-refractivity contribution in [3.8, 4) is 0 Å². The van der Waals surface area contributed by atoms with Crippen LogP contribution in [0.2, 0.25) is 0 Å². The topological polar surface area (TPSA) is 42.1 Å². The summed E-state index contributed by atoms with van der Waals surface area (Å²) in [6, 6.07) is 10.8. The summed E-state index contributed by atoms with van der Waals surface area (Å²) in [5.74, 6) is 0.546. The van der Waals surface area contributed by atoms with Gasteiger partial charge in [0.05, 0.1) is 5.69 Å². The highest BCUT2D eigenvalue weighted by atomic mass is 19.1. The highest BCUT2D eigenvalue weighted by Crippen LogP contribution is 2.29. The van der Waals surface area contributed by atoms with E-state index in [9.17, 15) is 4.39 Å². The van der Waals surface area contributed by atoms with Gasteiger partial charge < -0.3 is 10.6 Å². The van der Waals surface area contributed by atoms with Crippen molar-refractivity contribution in [3.63, 3.8) is 0 Å². The Labute approximate surface area is 125 Å². The molecule has 0 aliphatic heterocycles. The van der Waals surface area contributed by atoms with Crippen LogP contribution in [-0.2, 0) is 6.42 Å². The molecule has 0 aliphatic carbocycles. The average Bonchev–Trinajstić information content (AvgIpc) is 2.51. The van der Waals surface area contributed by atoms with Crippen LogP contribution in [0.25, 0.3) is 0 Å². The monoisotopic (exact) mass is 287 g/mol. The molecule has 112 valence electrons. The molecule has 0 saturated carbocycles. The van der Waals surface area contributed by atoms with Crippen LogP contribution < -0.4 is 10.6 Å². The van der Waals surface area contributed by atoms with Gasteiger partial charge in [-0.15, -0.1) is 0 Å². The largest absolute Gasteiger partial charge is 0.327 e. The Morgan fingerprint density at radius 1 is 1.19 bits per heavy atom. The van der Waals surface area contributed by atoms with Gasteiger partial charge in [0.1, 0.15) is 11.6 Å². The fourth-order valence-corrected chi connectivity index (χ4v) is 2.36. The highest BCUT2D eigenvalue weighted by Gasteiger charge is 2.17. The van der Waals surface area contributed by atoms with E-state index in [4.69, 9.17) is 5.73 Å². The number of pyridine rings is 1.